The van der Waals surface area contributed by atoms with Crippen LogP contribution in [-0.2, 0) is 65.4 Å². The van der Waals surface area contributed by atoms with Crippen LogP contribution in [0.25, 0.3) is 0 Å². The van der Waals surface area contributed by atoms with Gasteiger partial charge in [0.25, 0.3) is 0 Å². The Bertz CT molecular complexity index is 1760. The minimum Gasteiger partial charge on any atom is -0.462 e. The minimum absolute atomic E-state index is 0.108. The van der Waals surface area contributed by atoms with Crippen molar-refractivity contribution in [2.45, 2.75) is 406 Å². The van der Waals surface area contributed by atoms with Crippen LogP contribution in [0, 0.1) is 0 Å². The van der Waals surface area contributed by atoms with Gasteiger partial charge in [-0.2, -0.15) is 0 Å². The Hall–Kier alpha value is -1.94. The van der Waals surface area contributed by atoms with Crippen LogP contribution in [0.15, 0.2) is 0 Å². The van der Waals surface area contributed by atoms with Gasteiger partial charge < -0.3 is 33.8 Å². The maximum Gasteiger partial charge on any atom is 0.472 e. The molecule has 0 amide bonds. The highest BCUT2D eigenvalue weighted by Gasteiger charge is 2.30. The van der Waals surface area contributed by atoms with E-state index in [2.05, 4.69) is 27.7 Å². The lowest BCUT2D eigenvalue weighted by molar-refractivity contribution is -0.161. The summed E-state index contributed by atoms with van der Waals surface area (Å²) in [5.41, 5.74) is 0. The molecular formula is C73H142O17P2. The van der Waals surface area contributed by atoms with Crippen LogP contribution in [0.5, 0.6) is 0 Å². The summed E-state index contributed by atoms with van der Waals surface area (Å²) in [6.45, 7) is 4.97. The van der Waals surface area contributed by atoms with Gasteiger partial charge in [0, 0.05) is 25.7 Å². The standard InChI is InChI=1S/C73H142O17P2/c1-5-9-13-17-21-25-29-32-34-36-39-42-46-50-54-58-71(76)84-64-69(89-72(77)59-55-51-47-43-38-31-27-23-19-15-11-7-3)66-88-92(81,82)86-62-67(74)61-85-91(79,80)87-65-68(63-83-70(75)57-53-49-45-41-28-24-20-16-12-8-4)90-73(78)60-56-52-48-44-40-37-35-33-30-26-22-18-14-10-6-2/h67-69,74H,5-66H2,1-4H3,(H,79,80)(H,81,82)/t67-,68+,69+/m0/s1. The summed E-state index contributed by atoms with van der Waals surface area (Å²) >= 11 is 0. The Morgan fingerprint density at radius 2 is 0.435 bits per heavy atom. The highest BCUT2D eigenvalue weighted by Crippen LogP contribution is 2.45. The van der Waals surface area contributed by atoms with Gasteiger partial charge in [0.15, 0.2) is 12.2 Å². The van der Waals surface area contributed by atoms with Crippen LogP contribution in [0.3, 0.4) is 0 Å². The first-order chi connectivity index (χ1) is 44.7. The van der Waals surface area contributed by atoms with Crippen LogP contribution < -0.4 is 0 Å². The van der Waals surface area contributed by atoms with Gasteiger partial charge in [0.2, 0.25) is 0 Å². The highest BCUT2D eigenvalue weighted by atomic mass is 31.2. The van der Waals surface area contributed by atoms with Crippen molar-refractivity contribution in [1.29, 1.82) is 0 Å². The summed E-state index contributed by atoms with van der Waals surface area (Å²) in [6.07, 6.45) is 56.6. The first-order valence-electron chi connectivity index (χ1n) is 38.3. The molecular weight excluding hydrogens is 1210 g/mol. The number of carbonyl (C=O) groups excluding carboxylic acids is 4. The van der Waals surface area contributed by atoms with Gasteiger partial charge in [-0.15, -0.1) is 0 Å². The minimum atomic E-state index is -4.95. The molecule has 0 aromatic carbocycles. The molecule has 17 nitrogen and oxygen atoms in total. The van der Waals surface area contributed by atoms with Gasteiger partial charge in [0.05, 0.1) is 26.4 Å². The molecule has 92 heavy (non-hydrogen) atoms. The lowest BCUT2D eigenvalue weighted by atomic mass is 10.0. The van der Waals surface area contributed by atoms with Gasteiger partial charge in [-0.1, -0.05) is 336 Å². The molecule has 0 saturated heterocycles. The van der Waals surface area contributed by atoms with Crippen molar-refractivity contribution in [1.82, 2.24) is 0 Å². The molecule has 0 rings (SSSR count). The number of ether oxygens (including phenoxy) is 4. The monoisotopic (exact) mass is 1350 g/mol. The second-order valence-electron chi connectivity index (χ2n) is 26.3. The molecule has 0 bridgehead atoms. The third-order valence-corrected chi connectivity index (χ3v) is 19.0. The zero-order valence-electron chi connectivity index (χ0n) is 59.5. The SMILES string of the molecule is CCCCCCCCCCCCCCCCCC(=O)OC[C@H](COP(=O)(O)OC[C@@H](O)COP(=O)(O)OC[C@@H](COC(=O)CCCCCCCCCCCC)OC(=O)CCCCCCCCCCCCCCCCC)OC(=O)CCCCCCCCCCCCCC. The smallest absolute Gasteiger partial charge is 0.462 e. The second-order valence-corrected chi connectivity index (χ2v) is 29.2. The molecule has 0 aliphatic heterocycles. The number of esters is 4. The predicted molar refractivity (Wildman–Crippen MR) is 372 cm³/mol. The first-order valence-corrected chi connectivity index (χ1v) is 41.3. The van der Waals surface area contributed by atoms with E-state index in [9.17, 15) is 43.2 Å². The Kier molecular flexibility index (Phi) is 66.2. The molecule has 0 aromatic rings. The zero-order valence-corrected chi connectivity index (χ0v) is 61.3. The number of phosphoric ester groups is 2. The van der Waals surface area contributed by atoms with Gasteiger partial charge in [0.1, 0.15) is 19.3 Å². The molecule has 0 aliphatic carbocycles. The Morgan fingerprint density at radius 3 is 0.641 bits per heavy atom. The molecule has 0 spiro atoms. The van der Waals surface area contributed by atoms with Crippen LogP contribution in [0.4, 0.5) is 0 Å². The Labute approximate surface area is 562 Å². The summed E-state index contributed by atoms with van der Waals surface area (Å²) in [7, 11) is -9.90. The summed E-state index contributed by atoms with van der Waals surface area (Å²) in [5.74, 6) is -2.11. The summed E-state index contributed by atoms with van der Waals surface area (Å²) in [5, 5.41) is 10.6. The number of carbonyl (C=O) groups is 4. The lowest BCUT2D eigenvalue weighted by Crippen LogP contribution is -2.30. The van der Waals surface area contributed by atoms with Gasteiger partial charge in [-0.25, -0.2) is 9.13 Å². The van der Waals surface area contributed by atoms with Gasteiger partial charge >= 0.3 is 39.5 Å². The van der Waals surface area contributed by atoms with E-state index in [1.165, 1.54) is 218 Å². The molecule has 0 fully saturated rings. The summed E-state index contributed by atoms with van der Waals surface area (Å²) in [4.78, 5) is 72.7. The maximum absolute atomic E-state index is 13.0. The van der Waals surface area contributed by atoms with E-state index < -0.39 is 97.5 Å². The van der Waals surface area contributed by atoms with E-state index in [-0.39, 0.29) is 25.7 Å². The van der Waals surface area contributed by atoms with Crippen molar-refractivity contribution in [3.63, 3.8) is 0 Å². The molecule has 19 heteroatoms. The fourth-order valence-electron chi connectivity index (χ4n) is 11.2. The number of hydrogen-bond donors (Lipinski definition) is 3. The molecule has 3 N–H and O–H groups in total. The van der Waals surface area contributed by atoms with Crippen molar-refractivity contribution < 1.29 is 80.2 Å². The summed E-state index contributed by atoms with van der Waals surface area (Å²) < 4.78 is 68.4. The van der Waals surface area contributed by atoms with Crippen molar-refractivity contribution in [3.8, 4) is 0 Å². The second kappa shape index (κ2) is 67.6. The zero-order chi connectivity index (χ0) is 67.5. The maximum atomic E-state index is 13.0. The quantitative estimate of drug-likeness (QED) is 0.0222. The van der Waals surface area contributed by atoms with Gasteiger partial charge in [-0.05, 0) is 25.7 Å². The average molecular weight is 1350 g/mol. The highest BCUT2D eigenvalue weighted by molar-refractivity contribution is 7.47. The van der Waals surface area contributed by atoms with E-state index in [0.717, 1.165) is 89.9 Å². The molecule has 2 unspecified atom stereocenters. The fourth-order valence-corrected chi connectivity index (χ4v) is 12.8. The Balaban J connectivity index is 5.23. The van der Waals surface area contributed by atoms with E-state index in [1.54, 1.807) is 0 Å². The number of phosphoric acid groups is 2. The number of aliphatic hydroxyl groups excluding tert-OH is 1. The largest absolute Gasteiger partial charge is 0.472 e. The van der Waals surface area contributed by atoms with Crippen molar-refractivity contribution in [2.24, 2.45) is 0 Å². The third kappa shape index (κ3) is 66.7. The van der Waals surface area contributed by atoms with Crippen LogP contribution >= 0.6 is 15.6 Å². The molecule has 546 valence electrons. The molecule has 0 heterocycles. The van der Waals surface area contributed by atoms with Crippen LogP contribution in [-0.4, -0.2) is 96.7 Å². The molecule has 0 aromatic heterocycles. The van der Waals surface area contributed by atoms with Crippen LogP contribution in [0.2, 0.25) is 0 Å². The van der Waals surface area contributed by atoms with E-state index in [1.807, 2.05) is 0 Å². The van der Waals surface area contributed by atoms with Crippen molar-refractivity contribution in [3.05, 3.63) is 0 Å². The van der Waals surface area contributed by atoms with E-state index in [4.69, 9.17) is 37.0 Å². The van der Waals surface area contributed by atoms with Crippen molar-refractivity contribution >= 4 is 39.5 Å². The topological polar surface area (TPSA) is 237 Å². The van der Waals surface area contributed by atoms with Crippen LogP contribution in [0.1, 0.15) is 387 Å². The molecule has 5 atom stereocenters. The molecule has 0 aliphatic rings. The molecule has 0 saturated carbocycles. The number of unbranched alkanes of at least 4 members (excludes halogenated alkanes) is 48. The predicted octanol–water partition coefficient (Wildman–Crippen LogP) is 21.4. The first kappa shape index (κ1) is 90.1. The van der Waals surface area contributed by atoms with Gasteiger partial charge in [-0.3, -0.25) is 37.3 Å². The van der Waals surface area contributed by atoms with E-state index >= 15 is 0 Å². The normalized spacial score (nSPS) is 13.9. The van der Waals surface area contributed by atoms with Crippen molar-refractivity contribution in [2.75, 3.05) is 39.6 Å². The third-order valence-electron chi connectivity index (χ3n) is 17.1. The number of rotatable bonds is 74. The number of aliphatic hydroxyl groups is 1. The lowest BCUT2D eigenvalue weighted by Gasteiger charge is -2.21. The fraction of sp³-hybridized carbons (Fsp3) is 0.945. The number of hydrogen-bond acceptors (Lipinski definition) is 15. The summed E-state index contributed by atoms with van der Waals surface area (Å²) in [6, 6.07) is 0. The average Bonchev–Trinajstić information content (AvgIpc) is 3.42. The molecule has 0 radical (unpaired) electrons. The Morgan fingerprint density at radius 1 is 0.261 bits per heavy atom. The van der Waals surface area contributed by atoms with E-state index in [0.29, 0.717) is 25.7 Å².